The molecule has 1 aromatic rings. The number of carbonyl (C=O) groups excluding carboxylic acids is 3. The van der Waals surface area contributed by atoms with E-state index in [0.717, 1.165) is 16.8 Å². The number of fused-ring (bicyclic) bond motifs is 1. The van der Waals surface area contributed by atoms with Gasteiger partial charge in [-0.05, 0) is 44.7 Å². The van der Waals surface area contributed by atoms with Gasteiger partial charge in [0.1, 0.15) is 6.04 Å². The van der Waals surface area contributed by atoms with Crippen LogP contribution in [0.3, 0.4) is 0 Å². The van der Waals surface area contributed by atoms with Gasteiger partial charge in [0.25, 0.3) is 0 Å². The van der Waals surface area contributed by atoms with Crippen LogP contribution >= 0.6 is 27.7 Å². The minimum absolute atomic E-state index is 0.00870. The molecule has 2 bridgehead atoms. The number of thioether (sulfide) groups is 1. The van der Waals surface area contributed by atoms with Gasteiger partial charge in [0.05, 0.1) is 35.8 Å². The zero-order valence-corrected chi connectivity index (χ0v) is 21.7. The van der Waals surface area contributed by atoms with Crippen molar-refractivity contribution in [2.75, 3.05) is 18.5 Å². The van der Waals surface area contributed by atoms with Crippen LogP contribution in [-0.2, 0) is 19.1 Å². The molecule has 1 aromatic carbocycles. The van der Waals surface area contributed by atoms with Gasteiger partial charge in [-0.3, -0.25) is 14.4 Å². The van der Waals surface area contributed by atoms with E-state index in [1.54, 1.807) is 23.6 Å². The molecule has 180 valence electrons. The maximum Gasteiger partial charge on any atom is 0.310 e. The largest absolute Gasteiger partial charge is 0.466 e. The Balaban J connectivity index is 1.79. The molecule has 33 heavy (non-hydrogen) atoms. The molecule has 0 saturated carbocycles. The highest BCUT2D eigenvalue weighted by molar-refractivity contribution is 9.09. The maximum absolute atomic E-state index is 13.9. The quantitative estimate of drug-likeness (QED) is 0.409. The molecular formula is C24H31BrN2O5S. The second kappa shape index (κ2) is 9.23. The molecule has 3 fully saturated rings. The lowest BCUT2D eigenvalue weighted by Gasteiger charge is -2.37. The number of esters is 1. The zero-order chi connectivity index (χ0) is 24.1. The molecule has 1 spiro atoms. The number of benzene rings is 1. The Labute approximate surface area is 207 Å². The number of hydrogen-bond donors (Lipinski definition) is 2. The van der Waals surface area contributed by atoms with E-state index in [4.69, 9.17) is 4.74 Å². The molecule has 2 amide bonds. The highest BCUT2D eigenvalue weighted by atomic mass is 79.9. The van der Waals surface area contributed by atoms with E-state index in [1.807, 2.05) is 39.0 Å². The van der Waals surface area contributed by atoms with E-state index in [-0.39, 0.29) is 41.1 Å². The second-order valence-electron chi connectivity index (χ2n) is 9.16. The monoisotopic (exact) mass is 538 g/mol. The molecule has 7 nitrogen and oxygen atoms in total. The SMILES string of the molecule is CCOC(=O)[C@H]1[C@H]2C(=O)N([C@@H](CC)CO)C(C(=O)Nc3c(C)cccc3C)C23CC(Br)[C@@H]1S3. The van der Waals surface area contributed by atoms with E-state index in [9.17, 15) is 19.5 Å². The van der Waals surface area contributed by atoms with Gasteiger partial charge in [-0.2, -0.15) is 0 Å². The summed E-state index contributed by atoms with van der Waals surface area (Å²) >= 11 is 5.29. The summed E-state index contributed by atoms with van der Waals surface area (Å²) < 4.78 is 4.60. The summed E-state index contributed by atoms with van der Waals surface area (Å²) in [5.41, 5.74) is 2.61. The Kier molecular flexibility index (Phi) is 6.86. The standard InChI is InChI=1S/C24H31BrN2O5S/c1-5-14(11-28)27-20(21(29)26-18-12(3)8-7-9-13(18)4)24-10-15(25)19(33-24)16(17(24)22(27)30)23(31)32-6-2/h7-9,14-17,19-20,28H,5-6,10-11H2,1-4H3,(H,26,29)/t14-,15?,16-,17-,19-,20?,24?/m0/s1. The Bertz CT molecular complexity index is 950. The van der Waals surface area contributed by atoms with Gasteiger partial charge < -0.3 is 20.1 Å². The number of likely N-dealkylation sites (tertiary alicyclic amines) is 1. The number of alkyl halides is 1. The first kappa shape index (κ1) is 24.5. The van der Waals surface area contributed by atoms with Crippen molar-refractivity contribution in [3.8, 4) is 0 Å². The van der Waals surface area contributed by atoms with Crippen LogP contribution in [0.4, 0.5) is 5.69 Å². The highest BCUT2D eigenvalue weighted by Crippen LogP contribution is 2.68. The fourth-order valence-corrected chi connectivity index (χ4v) is 9.47. The lowest BCUT2D eigenvalue weighted by Crippen LogP contribution is -2.55. The third-order valence-electron chi connectivity index (χ3n) is 7.34. The van der Waals surface area contributed by atoms with Crippen molar-refractivity contribution in [2.24, 2.45) is 11.8 Å². The van der Waals surface area contributed by atoms with Crippen LogP contribution < -0.4 is 5.32 Å². The number of aryl methyl sites for hydroxylation is 2. The van der Waals surface area contributed by atoms with Crippen molar-refractivity contribution in [2.45, 2.75) is 67.4 Å². The number of anilines is 1. The van der Waals surface area contributed by atoms with Crippen molar-refractivity contribution in [1.82, 2.24) is 4.90 Å². The predicted molar refractivity (Wildman–Crippen MR) is 131 cm³/mol. The van der Waals surface area contributed by atoms with Gasteiger partial charge in [0, 0.05) is 15.8 Å². The normalized spacial score (nSPS) is 33.2. The first-order valence-corrected chi connectivity index (χ1v) is 13.3. The molecule has 0 radical (unpaired) electrons. The van der Waals surface area contributed by atoms with E-state index in [2.05, 4.69) is 21.2 Å². The number of nitrogens with one attached hydrogen (secondary N) is 1. The molecule has 4 rings (SSSR count). The number of amides is 2. The summed E-state index contributed by atoms with van der Waals surface area (Å²) in [6, 6.07) is 4.52. The molecule has 7 atom stereocenters. The van der Waals surface area contributed by atoms with E-state index >= 15 is 0 Å². The number of ether oxygens (including phenoxy) is 1. The summed E-state index contributed by atoms with van der Waals surface area (Å²) in [6.45, 7) is 7.51. The average Bonchev–Trinajstić information content (AvgIpc) is 3.36. The number of nitrogens with zero attached hydrogens (tertiary/aromatic N) is 1. The minimum Gasteiger partial charge on any atom is -0.466 e. The van der Waals surface area contributed by atoms with Gasteiger partial charge >= 0.3 is 5.97 Å². The van der Waals surface area contributed by atoms with Gasteiger partial charge in [-0.1, -0.05) is 41.1 Å². The third kappa shape index (κ3) is 3.71. The van der Waals surface area contributed by atoms with E-state index in [1.165, 1.54) is 0 Å². The summed E-state index contributed by atoms with van der Waals surface area (Å²) in [5.74, 6) is -2.14. The molecular weight excluding hydrogens is 508 g/mol. The molecule has 9 heteroatoms. The molecule has 0 aliphatic carbocycles. The zero-order valence-electron chi connectivity index (χ0n) is 19.3. The van der Waals surface area contributed by atoms with Crippen molar-refractivity contribution in [3.05, 3.63) is 29.3 Å². The highest BCUT2D eigenvalue weighted by Gasteiger charge is 2.76. The van der Waals surface area contributed by atoms with Gasteiger partial charge in [-0.15, -0.1) is 11.8 Å². The molecule has 2 N–H and O–H groups in total. The maximum atomic E-state index is 13.9. The number of aliphatic hydroxyl groups excluding tert-OH is 1. The number of hydrogen-bond acceptors (Lipinski definition) is 6. The van der Waals surface area contributed by atoms with E-state index < -0.39 is 28.7 Å². The summed E-state index contributed by atoms with van der Waals surface area (Å²) in [7, 11) is 0. The summed E-state index contributed by atoms with van der Waals surface area (Å²) in [4.78, 5) is 42.3. The fraction of sp³-hybridized carbons (Fsp3) is 0.625. The lowest BCUT2D eigenvalue weighted by molar-refractivity contribution is -0.154. The molecule has 3 unspecified atom stereocenters. The van der Waals surface area contributed by atoms with E-state index in [0.29, 0.717) is 12.8 Å². The van der Waals surface area contributed by atoms with Gasteiger partial charge in [-0.25, -0.2) is 0 Å². The van der Waals surface area contributed by atoms with Crippen LogP contribution in [0.2, 0.25) is 0 Å². The summed E-state index contributed by atoms with van der Waals surface area (Å²) in [6.07, 6.45) is 1.10. The summed E-state index contributed by atoms with van der Waals surface area (Å²) in [5, 5.41) is 13.0. The minimum atomic E-state index is -0.791. The van der Waals surface area contributed by atoms with Crippen molar-refractivity contribution >= 4 is 51.2 Å². The van der Waals surface area contributed by atoms with Crippen LogP contribution in [0.1, 0.15) is 37.8 Å². The van der Waals surface area contributed by atoms with Crippen molar-refractivity contribution in [1.29, 1.82) is 0 Å². The fourth-order valence-electron chi connectivity index (χ4n) is 5.89. The third-order valence-corrected chi connectivity index (χ3v) is 10.6. The second-order valence-corrected chi connectivity index (χ2v) is 11.9. The number of rotatable bonds is 7. The average molecular weight is 539 g/mol. The number of aliphatic hydroxyl groups is 1. The van der Waals surface area contributed by atoms with Crippen LogP contribution in [0.5, 0.6) is 0 Å². The van der Waals surface area contributed by atoms with Crippen LogP contribution in [0, 0.1) is 25.7 Å². The molecule has 3 heterocycles. The Hall–Kier alpha value is -1.58. The van der Waals surface area contributed by atoms with Crippen LogP contribution in [0.15, 0.2) is 18.2 Å². The predicted octanol–water partition coefficient (Wildman–Crippen LogP) is 3.04. The Morgan fingerprint density at radius 1 is 1.33 bits per heavy atom. The molecule has 3 aliphatic heterocycles. The van der Waals surface area contributed by atoms with Crippen molar-refractivity contribution in [3.63, 3.8) is 0 Å². The smallest absolute Gasteiger partial charge is 0.310 e. The van der Waals surface area contributed by atoms with Crippen LogP contribution in [-0.4, -0.2) is 67.9 Å². The first-order valence-electron chi connectivity index (χ1n) is 11.5. The first-order chi connectivity index (χ1) is 15.7. The number of carbonyl (C=O) groups is 3. The molecule has 0 aromatic heterocycles. The van der Waals surface area contributed by atoms with Crippen molar-refractivity contribution < 1.29 is 24.2 Å². The lowest BCUT2D eigenvalue weighted by atomic mass is 9.71. The van der Waals surface area contributed by atoms with Gasteiger partial charge in [0.2, 0.25) is 11.8 Å². The topological polar surface area (TPSA) is 95.9 Å². The number of para-hydroxylation sites is 1. The molecule has 3 aliphatic rings. The Morgan fingerprint density at radius 3 is 2.58 bits per heavy atom. The van der Waals surface area contributed by atoms with Crippen LogP contribution in [0.25, 0.3) is 0 Å². The Morgan fingerprint density at radius 2 is 2.00 bits per heavy atom. The number of halogens is 1. The molecule has 3 saturated heterocycles. The van der Waals surface area contributed by atoms with Gasteiger partial charge in [0.15, 0.2) is 0 Å².